The van der Waals surface area contributed by atoms with Gasteiger partial charge in [-0.1, -0.05) is 26.0 Å². The summed E-state index contributed by atoms with van der Waals surface area (Å²) in [4.78, 5) is 14.9. The lowest BCUT2D eigenvalue weighted by Gasteiger charge is -2.30. The number of nitrogens with two attached hydrogens (primary N) is 1. The summed E-state index contributed by atoms with van der Waals surface area (Å²) in [5.41, 5.74) is 7.07. The van der Waals surface area contributed by atoms with E-state index in [1.807, 2.05) is 58.9 Å². The highest BCUT2D eigenvalue weighted by atomic mass is 16.7. The van der Waals surface area contributed by atoms with Gasteiger partial charge in [-0.3, -0.25) is 4.79 Å². The third-order valence-electron chi connectivity index (χ3n) is 4.48. The van der Waals surface area contributed by atoms with Crippen molar-refractivity contribution in [2.24, 2.45) is 11.7 Å². The number of amides is 1. The quantitative estimate of drug-likeness (QED) is 0.486. The summed E-state index contributed by atoms with van der Waals surface area (Å²) in [5, 5.41) is 0. The minimum absolute atomic E-state index is 0.0740. The Kier molecular flexibility index (Phi) is 11.4. The summed E-state index contributed by atoms with van der Waals surface area (Å²) in [6.07, 6.45) is 0.945. The van der Waals surface area contributed by atoms with Crippen molar-refractivity contribution in [3.63, 3.8) is 0 Å². The molecule has 0 aromatic heterocycles. The summed E-state index contributed by atoms with van der Waals surface area (Å²) in [5.74, 6) is 1.22. The first-order valence-corrected chi connectivity index (χ1v) is 11.1. The van der Waals surface area contributed by atoms with Gasteiger partial charge in [-0.05, 0) is 71.1 Å². The van der Waals surface area contributed by atoms with Gasteiger partial charge in [0, 0.05) is 19.8 Å². The van der Waals surface area contributed by atoms with E-state index in [4.69, 9.17) is 19.9 Å². The molecule has 0 saturated heterocycles. The fourth-order valence-corrected chi connectivity index (χ4v) is 3.03. The molecule has 172 valence electrons. The first-order valence-electron chi connectivity index (χ1n) is 11.1. The summed E-state index contributed by atoms with van der Waals surface area (Å²) in [7, 11) is 0. The third kappa shape index (κ3) is 10.4. The van der Waals surface area contributed by atoms with Gasteiger partial charge in [-0.25, -0.2) is 0 Å². The second kappa shape index (κ2) is 12.9. The maximum atomic E-state index is 13.1. The topological polar surface area (TPSA) is 74.0 Å². The molecule has 1 aromatic carbocycles. The van der Waals surface area contributed by atoms with Crippen LogP contribution in [-0.2, 0) is 20.7 Å². The predicted octanol–water partition coefficient (Wildman–Crippen LogP) is 4.01. The standard InChI is InChI=1S/C24H42N2O4/c1-8-28-22(29-9-2)17-26(15-14-18(3)4)23(27)21(25)16-19-10-12-20(13-11-19)30-24(5,6)7/h10-13,18,21-22H,8-9,14-17,25H2,1-7H3. The molecule has 0 spiro atoms. The first kappa shape index (κ1) is 26.4. The first-order chi connectivity index (χ1) is 14.1. The molecule has 0 aliphatic carbocycles. The average Bonchev–Trinajstić information content (AvgIpc) is 2.65. The van der Waals surface area contributed by atoms with E-state index in [1.165, 1.54) is 0 Å². The number of nitrogens with zero attached hydrogens (tertiary/aromatic N) is 1. The van der Waals surface area contributed by atoms with E-state index in [9.17, 15) is 4.79 Å². The van der Waals surface area contributed by atoms with Crippen LogP contribution >= 0.6 is 0 Å². The number of rotatable bonds is 13. The van der Waals surface area contributed by atoms with Crippen LogP contribution in [0, 0.1) is 5.92 Å². The molecular formula is C24H42N2O4. The van der Waals surface area contributed by atoms with Crippen LogP contribution in [0.25, 0.3) is 0 Å². The molecule has 0 radical (unpaired) electrons. The molecule has 1 aromatic rings. The van der Waals surface area contributed by atoms with Gasteiger partial charge >= 0.3 is 0 Å². The second-order valence-electron chi connectivity index (χ2n) is 8.98. The van der Waals surface area contributed by atoms with Crippen molar-refractivity contribution >= 4 is 5.91 Å². The summed E-state index contributed by atoms with van der Waals surface area (Å²) in [6.45, 7) is 16.3. The van der Waals surface area contributed by atoms with Crippen LogP contribution in [0.5, 0.6) is 5.75 Å². The van der Waals surface area contributed by atoms with E-state index in [1.54, 1.807) is 4.90 Å². The Hall–Kier alpha value is -1.63. The van der Waals surface area contributed by atoms with Gasteiger partial charge in [-0.2, -0.15) is 0 Å². The highest BCUT2D eigenvalue weighted by Crippen LogP contribution is 2.19. The molecule has 1 unspecified atom stereocenters. The van der Waals surface area contributed by atoms with Crippen molar-refractivity contribution in [3.8, 4) is 5.75 Å². The lowest BCUT2D eigenvalue weighted by Crippen LogP contribution is -2.49. The van der Waals surface area contributed by atoms with Crippen LogP contribution in [0.4, 0.5) is 0 Å². The molecule has 0 aliphatic rings. The van der Waals surface area contributed by atoms with Crippen LogP contribution in [0.15, 0.2) is 24.3 Å². The van der Waals surface area contributed by atoms with Crippen molar-refractivity contribution < 1.29 is 19.0 Å². The molecular weight excluding hydrogens is 380 g/mol. The van der Waals surface area contributed by atoms with Gasteiger partial charge < -0.3 is 24.8 Å². The van der Waals surface area contributed by atoms with Crippen molar-refractivity contribution in [2.75, 3.05) is 26.3 Å². The van der Waals surface area contributed by atoms with Gasteiger partial charge in [0.05, 0.1) is 12.6 Å². The molecule has 1 rings (SSSR count). The Morgan fingerprint density at radius 1 is 1.07 bits per heavy atom. The Balaban J connectivity index is 2.80. The smallest absolute Gasteiger partial charge is 0.240 e. The second-order valence-corrected chi connectivity index (χ2v) is 8.98. The molecule has 0 bridgehead atoms. The Labute approximate surface area is 183 Å². The van der Waals surface area contributed by atoms with Crippen molar-refractivity contribution in [2.45, 2.75) is 79.2 Å². The van der Waals surface area contributed by atoms with Gasteiger partial charge in [0.1, 0.15) is 11.4 Å². The SMILES string of the molecule is CCOC(CN(CCC(C)C)C(=O)C(N)Cc1ccc(OC(C)(C)C)cc1)OCC. The lowest BCUT2D eigenvalue weighted by atomic mass is 10.0. The molecule has 6 nitrogen and oxygen atoms in total. The molecule has 0 heterocycles. The van der Waals surface area contributed by atoms with E-state index in [-0.39, 0.29) is 11.5 Å². The van der Waals surface area contributed by atoms with Crippen LogP contribution in [-0.4, -0.2) is 55.0 Å². The van der Waals surface area contributed by atoms with Gasteiger partial charge in [-0.15, -0.1) is 0 Å². The Bertz CT molecular complexity index is 605. The summed E-state index contributed by atoms with van der Waals surface area (Å²) >= 11 is 0. The molecule has 0 fully saturated rings. The molecule has 1 atom stereocenters. The zero-order valence-electron chi connectivity index (χ0n) is 19.9. The molecule has 0 saturated carbocycles. The summed E-state index contributed by atoms with van der Waals surface area (Å²) < 4.78 is 17.2. The molecule has 0 aliphatic heterocycles. The predicted molar refractivity (Wildman–Crippen MR) is 122 cm³/mol. The van der Waals surface area contributed by atoms with Crippen molar-refractivity contribution in [1.82, 2.24) is 4.90 Å². The van der Waals surface area contributed by atoms with Crippen LogP contribution in [0.1, 0.15) is 60.5 Å². The molecule has 1 amide bonds. The zero-order chi connectivity index (χ0) is 22.7. The van der Waals surface area contributed by atoms with Crippen molar-refractivity contribution in [3.05, 3.63) is 29.8 Å². The molecule has 30 heavy (non-hydrogen) atoms. The number of carbonyl (C=O) groups is 1. The van der Waals surface area contributed by atoms with E-state index in [0.29, 0.717) is 38.6 Å². The van der Waals surface area contributed by atoms with E-state index < -0.39 is 12.3 Å². The Morgan fingerprint density at radius 3 is 2.10 bits per heavy atom. The molecule has 6 heteroatoms. The van der Waals surface area contributed by atoms with Crippen LogP contribution in [0.3, 0.4) is 0 Å². The number of hydrogen-bond acceptors (Lipinski definition) is 5. The van der Waals surface area contributed by atoms with E-state index in [2.05, 4.69) is 13.8 Å². The third-order valence-corrected chi connectivity index (χ3v) is 4.48. The maximum absolute atomic E-state index is 13.1. The molecule has 2 N–H and O–H groups in total. The normalized spacial score (nSPS) is 13.0. The fraction of sp³-hybridized carbons (Fsp3) is 0.708. The average molecular weight is 423 g/mol. The fourth-order valence-electron chi connectivity index (χ4n) is 3.03. The van der Waals surface area contributed by atoms with Gasteiger partial charge in [0.25, 0.3) is 0 Å². The minimum Gasteiger partial charge on any atom is -0.488 e. The minimum atomic E-state index is -0.615. The largest absolute Gasteiger partial charge is 0.488 e. The number of ether oxygens (including phenoxy) is 3. The number of benzene rings is 1. The summed E-state index contributed by atoms with van der Waals surface area (Å²) in [6, 6.07) is 7.17. The highest BCUT2D eigenvalue weighted by Gasteiger charge is 2.25. The maximum Gasteiger partial charge on any atom is 0.240 e. The van der Waals surface area contributed by atoms with Crippen LogP contribution in [0.2, 0.25) is 0 Å². The number of hydrogen-bond donors (Lipinski definition) is 1. The monoisotopic (exact) mass is 422 g/mol. The lowest BCUT2D eigenvalue weighted by molar-refractivity contribution is -0.159. The Morgan fingerprint density at radius 2 is 1.63 bits per heavy atom. The van der Waals surface area contributed by atoms with Crippen molar-refractivity contribution in [1.29, 1.82) is 0 Å². The zero-order valence-corrected chi connectivity index (χ0v) is 19.9. The van der Waals surface area contributed by atoms with E-state index >= 15 is 0 Å². The van der Waals surface area contributed by atoms with Gasteiger partial charge in [0.15, 0.2) is 6.29 Å². The van der Waals surface area contributed by atoms with Gasteiger partial charge in [0.2, 0.25) is 5.91 Å². The van der Waals surface area contributed by atoms with E-state index in [0.717, 1.165) is 17.7 Å². The van der Waals surface area contributed by atoms with Crippen LogP contribution < -0.4 is 10.5 Å². The number of carbonyl (C=O) groups excluding carboxylic acids is 1. The highest BCUT2D eigenvalue weighted by molar-refractivity contribution is 5.82.